The molecule has 2 amide bonds. The number of hydrogen-bond donors (Lipinski definition) is 1. The predicted octanol–water partition coefficient (Wildman–Crippen LogP) is 5.57. The predicted molar refractivity (Wildman–Crippen MR) is 163 cm³/mol. The van der Waals surface area contributed by atoms with Gasteiger partial charge < -0.3 is 15.0 Å². The van der Waals surface area contributed by atoms with Gasteiger partial charge in [0.05, 0.1) is 17.7 Å². The van der Waals surface area contributed by atoms with Crippen LogP contribution in [0.25, 0.3) is 0 Å². The molecule has 8 nitrogen and oxygen atoms in total. The number of nitrogens with zero attached hydrogens (tertiary/aromatic N) is 2. The third kappa shape index (κ3) is 8.24. The number of rotatable bonds is 11. The fraction of sp³-hybridized carbons (Fsp3) is 0.355. The van der Waals surface area contributed by atoms with Crippen LogP contribution in [0.2, 0.25) is 5.02 Å². The molecule has 3 aromatic carbocycles. The number of hydrogen-bond acceptors (Lipinski definition) is 5. The van der Waals surface area contributed by atoms with E-state index in [2.05, 4.69) is 5.32 Å². The molecule has 3 rings (SSSR count). The fourth-order valence-corrected chi connectivity index (χ4v) is 6.03. The van der Waals surface area contributed by atoms with Crippen LogP contribution >= 0.6 is 11.6 Å². The molecule has 0 saturated carbocycles. The molecule has 0 aliphatic heterocycles. The van der Waals surface area contributed by atoms with E-state index in [0.717, 1.165) is 9.87 Å². The average molecular weight is 600 g/mol. The molecule has 0 bridgehead atoms. The Morgan fingerprint density at radius 1 is 1.00 bits per heavy atom. The van der Waals surface area contributed by atoms with Gasteiger partial charge in [0.1, 0.15) is 18.3 Å². The van der Waals surface area contributed by atoms with Crippen LogP contribution in [0.5, 0.6) is 5.75 Å². The van der Waals surface area contributed by atoms with E-state index in [9.17, 15) is 18.0 Å². The minimum atomic E-state index is -4.18. The number of aryl methyl sites for hydroxylation is 1. The van der Waals surface area contributed by atoms with Crippen molar-refractivity contribution in [2.75, 3.05) is 18.0 Å². The Hall–Kier alpha value is -3.56. The lowest BCUT2D eigenvalue weighted by molar-refractivity contribution is -0.141. The van der Waals surface area contributed by atoms with Gasteiger partial charge >= 0.3 is 0 Å². The van der Waals surface area contributed by atoms with Crippen molar-refractivity contribution in [2.45, 2.75) is 64.1 Å². The van der Waals surface area contributed by atoms with Gasteiger partial charge in [-0.1, -0.05) is 48.9 Å². The van der Waals surface area contributed by atoms with Crippen molar-refractivity contribution < 1.29 is 22.7 Å². The van der Waals surface area contributed by atoms with E-state index in [0.29, 0.717) is 28.4 Å². The molecule has 10 heteroatoms. The van der Waals surface area contributed by atoms with Crippen molar-refractivity contribution in [1.29, 1.82) is 0 Å². The molecule has 1 atom stereocenters. The highest BCUT2D eigenvalue weighted by Crippen LogP contribution is 2.28. The molecule has 0 heterocycles. The number of sulfonamides is 1. The molecule has 1 N–H and O–H groups in total. The first-order valence-electron chi connectivity index (χ1n) is 13.3. The van der Waals surface area contributed by atoms with Crippen LogP contribution in [0.15, 0.2) is 77.7 Å². The van der Waals surface area contributed by atoms with Crippen LogP contribution in [0.4, 0.5) is 5.69 Å². The monoisotopic (exact) mass is 599 g/mol. The van der Waals surface area contributed by atoms with E-state index in [1.807, 2.05) is 33.8 Å². The summed E-state index contributed by atoms with van der Waals surface area (Å²) in [4.78, 5) is 29.1. The SMILES string of the molecule is CC[C@@H](C(=O)NC(C)(C)C)N(Cc1cccc(OC)c1)C(=O)CN(c1ccccc1C)S(=O)(=O)c1ccc(Cl)cc1. The molecule has 0 radical (unpaired) electrons. The molecule has 0 aliphatic carbocycles. The number of ether oxygens (including phenoxy) is 1. The first kappa shape index (κ1) is 32.0. The molecule has 0 fully saturated rings. The van der Waals surface area contributed by atoms with E-state index in [4.69, 9.17) is 16.3 Å². The summed E-state index contributed by atoms with van der Waals surface area (Å²) < 4.78 is 34.4. The second-order valence-electron chi connectivity index (χ2n) is 10.8. The molecule has 41 heavy (non-hydrogen) atoms. The van der Waals surface area contributed by atoms with Gasteiger partial charge in [0.15, 0.2) is 0 Å². The number of nitrogens with one attached hydrogen (secondary N) is 1. The Balaban J connectivity index is 2.09. The van der Waals surface area contributed by atoms with Crippen LogP contribution < -0.4 is 14.4 Å². The minimum Gasteiger partial charge on any atom is -0.497 e. The van der Waals surface area contributed by atoms with Gasteiger partial charge in [-0.3, -0.25) is 13.9 Å². The van der Waals surface area contributed by atoms with Gasteiger partial charge in [-0.15, -0.1) is 0 Å². The second-order valence-corrected chi connectivity index (χ2v) is 13.1. The summed E-state index contributed by atoms with van der Waals surface area (Å²) >= 11 is 6.02. The number of benzene rings is 3. The molecule has 0 spiro atoms. The number of methoxy groups -OCH3 is 1. The molecule has 0 aromatic heterocycles. The zero-order valence-electron chi connectivity index (χ0n) is 24.3. The third-order valence-electron chi connectivity index (χ3n) is 6.44. The Labute approximate surface area is 248 Å². The Morgan fingerprint density at radius 2 is 1.66 bits per heavy atom. The summed E-state index contributed by atoms with van der Waals surface area (Å²) in [6, 6.07) is 19.1. The van der Waals surface area contributed by atoms with E-state index in [-0.39, 0.29) is 17.3 Å². The van der Waals surface area contributed by atoms with Crippen molar-refractivity contribution in [2.24, 2.45) is 0 Å². The van der Waals surface area contributed by atoms with Crippen molar-refractivity contribution in [3.63, 3.8) is 0 Å². The van der Waals surface area contributed by atoms with Crippen LogP contribution in [0.1, 0.15) is 45.2 Å². The summed E-state index contributed by atoms with van der Waals surface area (Å²) in [5.41, 5.74) is 1.25. The van der Waals surface area contributed by atoms with E-state index in [1.165, 1.54) is 29.2 Å². The summed E-state index contributed by atoms with van der Waals surface area (Å²) in [5, 5.41) is 3.36. The van der Waals surface area contributed by atoms with Crippen molar-refractivity contribution >= 4 is 39.1 Å². The van der Waals surface area contributed by atoms with Gasteiger partial charge in [0, 0.05) is 17.1 Å². The smallest absolute Gasteiger partial charge is 0.264 e. The number of para-hydroxylation sites is 1. The highest BCUT2D eigenvalue weighted by atomic mass is 35.5. The second kappa shape index (κ2) is 13.4. The van der Waals surface area contributed by atoms with Crippen molar-refractivity contribution in [3.8, 4) is 5.75 Å². The van der Waals surface area contributed by atoms with Crippen LogP contribution in [0.3, 0.4) is 0 Å². The standard InChI is InChI=1S/C31H38ClN3O5S/c1-7-27(30(37)33-31(3,4)5)34(20-23-12-10-13-25(19-23)40-6)29(36)21-35(28-14-9-8-11-22(28)2)41(38,39)26-17-15-24(32)16-18-26/h8-19,27H,7,20-21H2,1-6H3,(H,33,37)/t27-/m0/s1. The van der Waals surface area contributed by atoms with Gasteiger partial charge in [-0.2, -0.15) is 0 Å². The first-order valence-corrected chi connectivity index (χ1v) is 15.2. The highest BCUT2D eigenvalue weighted by molar-refractivity contribution is 7.92. The Bertz CT molecular complexity index is 1470. The van der Waals surface area contributed by atoms with Gasteiger partial charge in [-0.25, -0.2) is 8.42 Å². The number of amides is 2. The van der Waals surface area contributed by atoms with E-state index < -0.39 is 34.1 Å². The minimum absolute atomic E-state index is 0.00480. The molecule has 0 aliphatic rings. The lowest BCUT2D eigenvalue weighted by Crippen LogP contribution is -2.55. The maximum absolute atomic E-state index is 14.2. The van der Waals surface area contributed by atoms with Crippen molar-refractivity contribution in [3.05, 3.63) is 88.9 Å². The van der Waals surface area contributed by atoms with E-state index in [1.54, 1.807) is 56.5 Å². The number of anilines is 1. The summed E-state index contributed by atoms with van der Waals surface area (Å²) in [6.45, 7) is 8.76. The first-order chi connectivity index (χ1) is 19.3. The van der Waals surface area contributed by atoms with Crippen molar-refractivity contribution in [1.82, 2.24) is 10.2 Å². The highest BCUT2D eigenvalue weighted by Gasteiger charge is 2.35. The molecule has 220 valence electrons. The Kier molecular flexibility index (Phi) is 10.4. The molecule has 0 saturated heterocycles. The summed E-state index contributed by atoms with van der Waals surface area (Å²) in [5.74, 6) is -0.238. The average Bonchev–Trinajstić information content (AvgIpc) is 2.91. The van der Waals surface area contributed by atoms with Gasteiger partial charge in [0.25, 0.3) is 10.0 Å². The van der Waals surface area contributed by atoms with Gasteiger partial charge in [-0.05, 0) is 87.7 Å². The fourth-order valence-electron chi connectivity index (χ4n) is 4.43. The largest absolute Gasteiger partial charge is 0.497 e. The van der Waals surface area contributed by atoms with Crippen LogP contribution in [-0.4, -0.2) is 50.4 Å². The van der Waals surface area contributed by atoms with E-state index >= 15 is 0 Å². The summed E-state index contributed by atoms with van der Waals surface area (Å²) in [7, 11) is -2.63. The lowest BCUT2D eigenvalue weighted by atomic mass is 10.1. The zero-order valence-corrected chi connectivity index (χ0v) is 25.9. The Morgan fingerprint density at radius 3 is 2.24 bits per heavy atom. The third-order valence-corrected chi connectivity index (χ3v) is 8.46. The van der Waals surface area contributed by atoms with Crippen LogP contribution in [-0.2, 0) is 26.2 Å². The number of carbonyl (C=O) groups excluding carboxylic acids is 2. The zero-order chi connectivity index (χ0) is 30.4. The number of carbonyl (C=O) groups is 2. The normalized spacial score (nSPS) is 12.4. The topological polar surface area (TPSA) is 96.0 Å². The maximum Gasteiger partial charge on any atom is 0.264 e. The number of halogens is 1. The quantitative estimate of drug-likeness (QED) is 0.311. The molecular weight excluding hydrogens is 562 g/mol. The van der Waals surface area contributed by atoms with Gasteiger partial charge in [0.2, 0.25) is 11.8 Å². The summed E-state index contributed by atoms with van der Waals surface area (Å²) in [6.07, 6.45) is 0.325. The molecule has 3 aromatic rings. The maximum atomic E-state index is 14.2. The lowest BCUT2D eigenvalue weighted by Gasteiger charge is -2.35. The molecular formula is C31H38ClN3O5S. The van der Waals surface area contributed by atoms with Crippen LogP contribution in [0, 0.1) is 6.92 Å². The molecule has 0 unspecified atom stereocenters.